The highest BCUT2D eigenvalue weighted by Gasteiger charge is 2.22. The Morgan fingerprint density at radius 3 is 2.69 bits per heavy atom. The van der Waals surface area contributed by atoms with Crippen LogP contribution in [-0.4, -0.2) is 36.0 Å². The van der Waals surface area contributed by atoms with Gasteiger partial charge in [0.1, 0.15) is 0 Å². The number of nitrogens with one attached hydrogen (secondary N) is 1. The van der Waals surface area contributed by atoms with Crippen molar-refractivity contribution in [2.24, 2.45) is 0 Å². The quantitative estimate of drug-likeness (QED) is 0.678. The third-order valence-corrected chi connectivity index (χ3v) is 3.95. The minimum absolute atomic E-state index is 0.00997. The summed E-state index contributed by atoms with van der Waals surface area (Å²) in [5.41, 5.74) is 0.0665. The summed E-state index contributed by atoms with van der Waals surface area (Å²) in [6.45, 7) is 5.34. The van der Waals surface area contributed by atoms with E-state index in [9.17, 15) is 0 Å². The summed E-state index contributed by atoms with van der Waals surface area (Å²) in [6.07, 6.45) is 0.594. The Morgan fingerprint density at radius 2 is 2.19 bits per heavy atom. The van der Waals surface area contributed by atoms with Crippen molar-refractivity contribution in [2.75, 3.05) is 19.8 Å². The van der Waals surface area contributed by atoms with Gasteiger partial charge in [-0.2, -0.15) is 0 Å². The fraction of sp³-hybridized carbons (Fsp3) is 0.667. The number of thiophene rings is 1. The first-order chi connectivity index (χ1) is 7.60. The Bertz CT molecular complexity index is 285. The molecular weight excluding hydrogens is 222 g/mol. The van der Waals surface area contributed by atoms with E-state index in [1.165, 1.54) is 4.88 Å². The maximum Gasteiger partial charge on any atom is 0.0585 e. The van der Waals surface area contributed by atoms with Crippen LogP contribution in [0.2, 0.25) is 0 Å². The Balaban J connectivity index is 2.47. The fourth-order valence-electron chi connectivity index (χ4n) is 1.56. The van der Waals surface area contributed by atoms with Crippen molar-refractivity contribution in [3.8, 4) is 0 Å². The lowest BCUT2D eigenvalue weighted by Gasteiger charge is -2.26. The monoisotopic (exact) mass is 243 g/mol. The molecule has 0 saturated carbocycles. The number of aliphatic hydroxyl groups is 2. The molecule has 0 aliphatic carbocycles. The number of hydrogen-bond donors (Lipinski definition) is 3. The van der Waals surface area contributed by atoms with Crippen LogP contribution in [0.3, 0.4) is 0 Å². The van der Waals surface area contributed by atoms with Crippen LogP contribution >= 0.6 is 11.3 Å². The summed E-state index contributed by atoms with van der Waals surface area (Å²) >= 11 is 1.75. The highest BCUT2D eigenvalue weighted by molar-refractivity contribution is 7.10. The predicted molar refractivity (Wildman–Crippen MR) is 67.9 cm³/mol. The third kappa shape index (κ3) is 3.87. The van der Waals surface area contributed by atoms with Gasteiger partial charge >= 0.3 is 0 Å². The summed E-state index contributed by atoms with van der Waals surface area (Å²) in [7, 11) is 0. The Morgan fingerprint density at radius 1 is 1.44 bits per heavy atom. The third-order valence-electron chi connectivity index (χ3n) is 2.72. The molecule has 1 aromatic rings. The largest absolute Gasteiger partial charge is 0.396 e. The minimum Gasteiger partial charge on any atom is -0.396 e. The van der Waals surface area contributed by atoms with Gasteiger partial charge in [0, 0.05) is 29.5 Å². The highest BCUT2D eigenvalue weighted by atomic mass is 32.1. The Labute approximate surface area is 101 Å². The van der Waals surface area contributed by atoms with Crippen LogP contribution in [0.4, 0.5) is 0 Å². The predicted octanol–water partition coefficient (Wildman–Crippen LogP) is 1.36. The molecule has 92 valence electrons. The smallest absolute Gasteiger partial charge is 0.0585 e. The minimum atomic E-state index is -0.00997. The average molecular weight is 243 g/mol. The molecule has 16 heavy (non-hydrogen) atoms. The summed E-state index contributed by atoms with van der Waals surface area (Å²) in [4.78, 5) is 1.33. The topological polar surface area (TPSA) is 52.5 Å². The zero-order valence-corrected chi connectivity index (χ0v) is 10.8. The molecule has 0 aliphatic rings. The van der Waals surface area contributed by atoms with Crippen molar-refractivity contribution in [1.82, 2.24) is 5.32 Å². The van der Waals surface area contributed by atoms with Crippen molar-refractivity contribution in [3.63, 3.8) is 0 Å². The lowest BCUT2D eigenvalue weighted by atomic mass is 9.91. The van der Waals surface area contributed by atoms with Crippen LogP contribution in [-0.2, 0) is 5.41 Å². The van der Waals surface area contributed by atoms with E-state index >= 15 is 0 Å². The molecule has 0 aliphatic heterocycles. The van der Waals surface area contributed by atoms with Gasteiger partial charge in [-0.15, -0.1) is 11.3 Å². The van der Waals surface area contributed by atoms with Crippen molar-refractivity contribution < 1.29 is 10.2 Å². The molecule has 1 unspecified atom stereocenters. The van der Waals surface area contributed by atoms with Crippen molar-refractivity contribution in [1.29, 1.82) is 0 Å². The van der Waals surface area contributed by atoms with E-state index in [2.05, 4.69) is 36.7 Å². The van der Waals surface area contributed by atoms with Crippen LogP contribution < -0.4 is 5.32 Å². The van der Waals surface area contributed by atoms with Gasteiger partial charge < -0.3 is 15.5 Å². The average Bonchev–Trinajstić information content (AvgIpc) is 2.78. The van der Waals surface area contributed by atoms with Gasteiger partial charge in [-0.1, -0.05) is 19.9 Å². The summed E-state index contributed by atoms with van der Waals surface area (Å²) in [5.74, 6) is 0. The lowest BCUT2D eigenvalue weighted by molar-refractivity contribution is 0.196. The van der Waals surface area contributed by atoms with Gasteiger partial charge in [-0.3, -0.25) is 0 Å². The van der Waals surface area contributed by atoms with Gasteiger partial charge in [0.05, 0.1) is 6.61 Å². The van der Waals surface area contributed by atoms with E-state index in [-0.39, 0.29) is 24.7 Å². The molecule has 3 nitrogen and oxygen atoms in total. The maximum absolute atomic E-state index is 9.11. The molecule has 4 heteroatoms. The molecule has 0 radical (unpaired) electrons. The van der Waals surface area contributed by atoms with E-state index in [0.717, 1.165) is 6.54 Å². The van der Waals surface area contributed by atoms with E-state index in [1.807, 2.05) is 0 Å². The lowest BCUT2D eigenvalue weighted by Crippen LogP contribution is -2.41. The highest BCUT2D eigenvalue weighted by Crippen LogP contribution is 2.26. The molecule has 1 atom stereocenters. The second kappa shape index (κ2) is 6.35. The van der Waals surface area contributed by atoms with Crippen LogP contribution in [0.1, 0.15) is 25.1 Å². The van der Waals surface area contributed by atoms with Crippen molar-refractivity contribution in [3.05, 3.63) is 22.4 Å². The molecule has 0 fully saturated rings. The fourth-order valence-corrected chi connectivity index (χ4v) is 2.42. The molecule has 0 spiro atoms. The molecule has 3 N–H and O–H groups in total. The van der Waals surface area contributed by atoms with Gasteiger partial charge in [0.15, 0.2) is 0 Å². The molecule has 1 rings (SSSR count). The first-order valence-electron chi connectivity index (χ1n) is 5.59. The molecular formula is C12H21NO2S. The van der Waals surface area contributed by atoms with Crippen LogP contribution in [0.5, 0.6) is 0 Å². The Kier molecular flexibility index (Phi) is 5.41. The summed E-state index contributed by atoms with van der Waals surface area (Å²) < 4.78 is 0. The second-order valence-corrected chi connectivity index (χ2v) is 5.58. The van der Waals surface area contributed by atoms with Gasteiger partial charge in [-0.05, 0) is 17.9 Å². The first kappa shape index (κ1) is 13.6. The zero-order valence-electron chi connectivity index (χ0n) is 9.94. The van der Waals surface area contributed by atoms with E-state index in [0.29, 0.717) is 6.42 Å². The SMILES string of the molecule is CC(C)(CNC(CO)CCO)c1cccs1. The molecule has 0 aromatic carbocycles. The Hall–Kier alpha value is -0.420. The maximum atomic E-state index is 9.11. The van der Waals surface area contributed by atoms with Gasteiger partial charge in [0.2, 0.25) is 0 Å². The first-order valence-corrected chi connectivity index (χ1v) is 6.47. The standard InChI is InChI=1S/C12H21NO2S/c1-12(2,11-4-3-7-16-11)9-13-10(8-15)5-6-14/h3-4,7,10,13-15H,5-6,8-9H2,1-2H3. The van der Waals surface area contributed by atoms with Gasteiger partial charge in [0.25, 0.3) is 0 Å². The van der Waals surface area contributed by atoms with E-state index in [1.54, 1.807) is 11.3 Å². The van der Waals surface area contributed by atoms with Crippen molar-refractivity contribution >= 4 is 11.3 Å². The van der Waals surface area contributed by atoms with Gasteiger partial charge in [-0.25, -0.2) is 0 Å². The molecule has 0 bridgehead atoms. The van der Waals surface area contributed by atoms with E-state index in [4.69, 9.17) is 10.2 Å². The number of hydrogen-bond acceptors (Lipinski definition) is 4. The van der Waals surface area contributed by atoms with Crippen molar-refractivity contribution in [2.45, 2.75) is 31.7 Å². The summed E-state index contributed by atoms with van der Waals surface area (Å²) in [6, 6.07) is 4.18. The normalized spacial score (nSPS) is 14.0. The second-order valence-electron chi connectivity index (χ2n) is 4.63. The molecule has 0 saturated heterocycles. The van der Waals surface area contributed by atoms with Crippen LogP contribution in [0.15, 0.2) is 17.5 Å². The van der Waals surface area contributed by atoms with Crippen LogP contribution in [0.25, 0.3) is 0 Å². The molecule has 1 heterocycles. The number of rotatable bonds is 7. The molecule has 0 amide bonds. The zero-order chi connectivity index (χ0) is 12.0. The van der Waals surface area contributed by atoms with Crippen LogP contribution in [0, 0.1) is 0 Å². The molecule has 1 aromatic heterocycles. The summed E-state index contributed by atoms with van der Waals surface area (Å²) in [5, 5.41) is 23.3. The number of aliphatic hydroxyl groups excluding tert-OH is 2. The van der Waals surface area contributed by atoms with E-state index < -0.39 is 0 Å².